The molecule has 1 saturated heterocycles. The second-order valence-corrected chi connectivity index (χ2v) is 2.05. The maximum absolute atomic E-state index is 10.3. The van der Waals surface area contributed by atoms with Crippen LogP contribution in [0.5, 0.6) is 0 Å². The van der Waals surface area contributed by atoms with Crippen LogP contribution >= 0.6 is 37.2 Å². The van der Waals surface area contributed by atoms with E-state index < -0.39 is 12.0 Å². The van der Waals surface area contributed by atoms with Crippen LogP contribution in [-0.4, -0.2) is 36.8 Å². The van der Waals surface area contributed by atoms with Crippen molar-refractivity contribution in [2.24, 2.45) is 0 Å². The topological polar surface area (TPSA) is 61.4 Å². The average Bonchev–Trinajstić information content (AvgIpc) is 2.10. The van der Waals surface area contributed by atoms with Gasteiger partial charge in [-0.2, -0.15) is 0 Å². The first-order valence-corrected chi connectivity index (χ1v) is 9.40. The van der Waals surface area contributed by atoms with Gasteiger partial charge in [0.05, 0.1) is 0 Å². The first-order valence-electron chi connectivity index (χ1n) is 3.12. The Morgan fingerprint density at radius 1 is 1.45 bits per heavy atom. The van der Waals surface area contributed by atoms with Gasteiger partial charge in [0.2, 0.25) is 0 Å². The Hall–Kier alpha value is 0.850. The van der Waals surface area contributed by atoms with E-state index in [0.29, 0.717) is 6.54 Å². The highest BCUT2D eigenvalue weighted by molar-refractivity contribution is 15.0. The van der Waals surface area contributed by atoms with Crippen LogP contribution in [0.25, 0.3) is 0 Å². The molecule has 6 heteroatoms. The van der Waals surface area contributed by atoms with E-state index >= 15 is 0 Å². The van der Waals surface area contributed by atoms with Gasteiger partial charge in [0, 0.05) is 56.9 Å². The normalized spacial score (nSPS) is 23.3. The zero-order valence-electron chi connectivity index (χ0n) is 5.81. The highest BCUT2D eigenvalue weighted by Crippen LogP contribution is 1.89. The summed E-state index contributed by atoms with van der Waals surface area (Å²) in [5.41, 5.74) is 0. The quantitative estimate of drug-likeness (QED) is 0.574. The molecule has 0 aromatic rings. The van der Waals surface area contributed by atoms with Crippen LogP contribution in [0.1, 0.15) is 0 Å². The minimum absolute atomic E-state index is 0.390. The summed E-state index contributed by atoms with van der Waals surface area (Å²) >= 11 is 4.24. The van der Waals surface area contributed by atoms with E-state index in [0.717, 1.165) is 13.1 Å². The Morgan fingerprint density at radius 2 is 2.09 bits per heavy atom. The molecule has 0 amide bonds. The van der Waals surface area contributed by atoms with Crippen molar-refractivity contribution < 1.29 is 9.90 Å². The smallest absolute Gasteiger partial charge is 0.322 e. The molecular formula is C5H10I2N2O2. The summed E-state index contributed by atoms with van der Waals surface area (Å²) in [6.45, 7) is 2.15. The third-order valence-corrected chi connectivity index (χ3v) is 1.34. The summed E-state index contributed by atoms with van der Waals surface area (Å²) in [4.78, 5) is 10.3. The van der Waals surface area contributed by atoms with E-state index in [1.807, 2.05) is 0 Å². The van der Waals surface area contributed by atoms with Crippen LogP contribution in [-0.2, 0) is 4.79 Å². The van der Waals surface area contributed by atoms with Gasteiger partial charge in [-0.15, -0.1) is 0 Å². The molecule has 1 fully saturated rings. The monoisotopic (exact) mass is 384 g/mol. The Kier molecular flexibility index (Phi) is 8.08. The van der Waals surface area contributed by atoms with Crippen LogP contribution in [0.15, 0.2) is 0 Å². The maximum atomic E-state index is 10.3. The predicted octanol–water partition coefficient (Wildman–Crippen LogP) is 0.404. The number of carboxylic acids is 1. The third-order valence-electron chi connectivity index (χ3n) is 1.34. The van der Waals surface area contributed by atoms with Crippen LogP contribution < -0.4 is 10.6 Å². The molecule has 1 aliphatic heterocycles. The van der Waals surface area contributed by atoms with Gasteiger partial charge in [-0.1, -0.05) is 0 Å². The van der Waals surface area contributed by atoms with Crippen molar-refractivity contribution in [2.45, 2.75) is 6.04 Å². The number of hydrogen-bond acceptors (Lipinski definition) is 3. The van der Waals surface area contributed by atoms with Crippen LogP contribution in [0.4, 0.5) is 0 Å². The molecule has 0 aliphatic carbocycles. The standard InChI is InChI=1S/C5H10N2O2.I2/c8-5(9)4-3-6-1-2-7-4;1-2/h4,6-7H,1-3H2,(H,8,9);/t4-;/m1./s1. The number of aliphatic carboxylic acids is 1. The van der Waals surface area contributed by atoms with Crippen molar-refractivity contribution in [3.63, 3.8) is 0 Å². The lowest BCUT2D eigenvalue weighted by molar-refractivity contribution is -0.139. The lowest BCUT2D eigenvalue weighted by Gasteiger charge is -2.20. The number of hydrogen-bond donors (Lipinski definition) is 3. The molecule has 1 rings (SSSR count). The number of halogens is 2. The van der Waals surface area contributed by atoms with Crippen molar-refractivity contribution in [3.05, 3.63) is 0 Å². The molecule has 11 heavy (non-hydrogen) atoms. The van der Waals surface area contributed by atoms with Crippen LogP contribution in [0.3, 0.4) is 0 Å². The Balaban J connectivity index is 0.000000461. The number of carbonyl (C=O) groups is 1. The highest BCUT2D eigenvalue weighted by atomic mass is 128. The van der Waals surface area contributed by atoms with Gasteiger partial charge in [-0.25, -0.2) is 0 Å². The van der Waals surface area contributed by atoms with Crippen LogP contribution in [0.2, 0.25) is 0 Å². The molecule has 0 bridgehead atoms. The summed E-state index contributed by atoms with van der Waals surface area (Å²) in [6.07, 6.45) is 0. The van der Waals surface area contributed by atoms with Crippen LogP contribution in [0, 0.1) is 0 Å². The molecule has 0 spiro atoms. The van der Waals surface area contributed by atoms with Gasteiger partial charge < -0.3 is 15.7 Å². The third kappa shape index (κ3) is 5.15. The molecule has 1 atom stereocenters. The lowest BCUT2D eigenvalue weighted by atomic mass is 10.2. The summed E-state index contributed by atoms with van der Waals surface area (Å²) < 4.78 is 0. The number of piperazine rings is 1. The highest BCUT2D eigenvalue weighted by Gasteiger charge is 2.18. The molecule has 0 saturated carbocycles. The Labute approximate surface area is 88.8 Å². The van der Waals surface area contributed by atoms with E-state index in [-0.39, 0.29) is 0 Å². The Morgan fingerprint density at radius 3 is 2.36 bits per heavy atom. The molecular weight excluding hydrogens is 374 g/mol. The largest absolute Gasteiger partial charge is 0.480 e. The predicted molar refractivity (Wildman–Crippen MR) is 60.3 cm³/mol. The van der Waals surface area contributed by atoms with E-state index in [2.05, 4.69) is 47.9 Å². The molecule has 0 radical (unpaired) electrons. The molecule has 1 aliphatic rings. The second-order valence-electron chi connectivity index (χ2n) is 2.05. The maximum Gasteiger partial charge on any atom is 0.322 e. The summed E-state index contributed by atoms with van der Waals surface area (Å²) in [5.74, 6) is -0.776. The van der Waals surface area contributed by atoms with E-state index in [1.165, 1.54) is 0 Å². The Bertz CT molecular complexity index is 117. The second kappa shape index (κ2) is 7.50. The summed E-state index contributed by atoms with van der Waals surface area (Å²) in [7, 11) is 0. The lowest BCUT2D eigenvalue weighted by Crippen LogP contribution is -2.52. The molecule has 0 aromatic heterocycles. The summed E-state index contributed by atoms with van der Waals surface area (Å²) in [5, 5.41) is 14.3. The molecule has 1 heterocycles. The molecule has 66 valence electrons. The van der Waals surface area contributed by atoms with Gasteiger partial charge in [0.15, 0.2) is 0 Å². The van der Waals surface area contributed by atoms with Gasteiger partial charge in [0.25, 0.3) is 0 Å². The fourth-order valence-electron chi connectivity index (χ4n) is 0.828. The fourth-order valence-corrected chi connectivity index (χ4v) is 0.828. The molecule has 3 N–H and O–H groups in total. The average molecular weight is 384 g/mol. The fraction of sp³-hybridized carbons (Fsp3) is 0.800. The zero-order chi connectivity index (χ0) is 8.69. The number of carboxylic acid groups (broad SMARTS) is 1. The van der Waals surface area contributed by atoms with Crippen molar-refractivity contribution in [1.29, 1.82) is 0 Å². The zero-order valence-corrected chi connectivity index (χ0v) is 10.1. The van der Waals surface area contributed by atoms with Gasteiger partial charge in [-0.3, -0.25) is 4.79 Å². The first-order chi connectivity index (χ1) is 5.30. The summed E-state index contributed by atoms with van der Waals surface area (Å²) in [6, 6.07) is -0.390. The molecule has 0 aromatic carbocycles. The van der Waals surface area contributed by atoms with E-state index in [1.54, 1.807) is 0 Å². The number of nitrogens with one attached hydrogen (secondary N) is 2. The van der Waals surface area contributed by atoms with Gasteiger partial charge in [-0.05, 0) is 0 Å². The van der Waals surface area contributed by atoms with Crippen molar-refractivity contribution in [2.75, 3.05) is 19.6 Å². The SMILES string of the molecule is II.O=C(O)[C@H]1CNCCN1. The number of rotatable bonds is 1. The van der Waals surface area contributed by atoms with E-state index in [9.17, 15) is 4.79 Å². The first kappa shape index (κ1) is 11.8. The minimum Gasteiger partial charge on any atom is -0.480 e. The van der Waals surface area contributed by atoms with Gasteiger partial charge in [0.1, 0.15) is 6.04 Å². The molecule has 4 nitrogen and oxygen atoms in total. The van der Waals surface area contributed by atoms with Crippen molar-refractivity contribution in [3.8, 4) is 0 Å². The molecule has 0 unspecified atom stereocenters. The van der Waals surface area contributed by atoms with E-state index in [4.69, 9.17) is 5.11 Å². The van der Waals surface area contributed by atoms with Gasteiger partial charge >= 0.3 is 5.97 Å². The minimum atomic E-state index is -0.776. The van der Waals surface area contributed by atoms with Crippen molar-refractivity contribution >= 4 is 43.2 Å². The van der Waals surface area contributed by atoms with Crippen molar-refractivity contribution in [1.82, 2.24) is 10.6 Å².